The van der Waals surface area contributed by atoms with Crippen molar-refractivity contribution >= 4 is 45.9 Å². The molecule has 4 aromatic rings. The predicted molar refractivity (Wildman–Crippen MR) is 106 cm³/mol. The Balaban J connectivity index is 1.56. The molecule has 0 radical (unpaired) electrons. The van der Waals surface area contributed by atoms with Crippen molar-refractivity contribution in [3.05, 3.63) is 76.5 Å². The molecule has 0 atom stereocenters. The van der Waals surface area contributed by atoms with Crippen LogP contribution in [0, 0.1) is 0 Å². The summed E-state index contributed by atoms with van der Waals surface area (Å²) in [5.41, 5.74) is 3.36. The lowest BCUT2D eigenvalue weighted by Crippen LogP contribution is -2.14. The average molecular weight is 398 g/mol. The Morgan fingerprint density at radius 2 is 1.89 bits per heavy atom. The zero-order chi connectivity index (χ0) is 18.8. The van der Waals surface area contributed by atoms with Crippen molar-refractivity contribution in [2.24, 2.45) is 0 Å². The molecule has 0 spiro atoms. The van der Waals surface area contributed by atoms with Gasteiger partial charge in [-0.2, -0.15) is 0 Å². The van der Waals surface area contributed by atoms with Gasteiger partial charge < -0.3 is 9.73 Å². The smallest absolute Gasteiger partial charge is 0.228 e. The minimum Gasteiger partial charge on any atom is -0.436 e. The number of rotatable bonds is 4. The lowest BCUT2D eigenvalue weighted by Gasteiger charge is -2.09. The first-order valence-electron chi connectivity index (χ1n) is 8.13. The lowest BCUT2D eigenvalue weighted by atomic mass is 10.1. The summed E-state index contributed by atoms with van der Waals surface area (Å²) in [6.45, 7) is 0. The number of hydrogen-bond donors (Lipinski definition) is 1. The van der Waals surface area contributed by atoms with Crippen LogP contribution in [0.15, 0.2) is 65.3 Å². The first-order chi connectivity index (χ1) is 13.1. The Morgan fingerprint density at radius 1 is 1.07 bits per heavy atom. The summed E-state index contributed by atoms with van der Waals surface area (Å²) in [5, 5.41) is 3.89. The Morgan fingerprint density at radius 3 is 2.67 bits per heavy atom. The zero-order valence-electron chi connectivity index (χ0n) is 13.9. The van der Waals surface area contributed by atoms with Gasteiger partial charge in [0.2, 0.25) is 11.8 Å². The predicted octanol–water partition coefficient (Wildman–Crippen LogP) is 5.38. The molecule has 0 aliphatic heterocycles. The number of fused-ring (bicyclic) bond motifs is 1. The normalized spacial score (nSPS) is 10.9. The van der Waals surface area contributed by atoms with Crippen molar-refractivity contribution in [2.45, 2.75) is 6.42 Å². The number of anilines is 1. The van der Waals surface area contributed by atoms with Gasteiger partial charge in [0.05, 0.1) is 23.3 Å². The molecule has 2 aromatic carbocycles. The first kappa shape index (κ1) is 17.5. The van der Waals surface area contributed by atoms with Crippen LogP contribution in [-0.2, 0) is 11.2 Å². The highest BCUT2D eigenvalue weighted by Gasteiger charge is 2.12. The fraction of sp³-hybridized carbons (Fsp3) is 0.0500. The van der Waals surface area contributed by atoms with Crippen molar-refractivity contribution in [1.29, 1.82) is 0 Å². The van der Waals surface area contributed by atoms with E-state index < -0.39 is 0 Å². The van der Waals surface area contributed by atoms with Gasteiger partial charge in [0.25, 0.3) is 0 Å². The highest BCUT2D eigenvalue weighted by Crippen LogP contribution is 2.30. The SMILES string of the molecule is O=C(Cc1ccc(Cl)cc1)Nc1cc(-c2nc3cnccc3o2)ccc1Cl. The summed E-state index contributed by atoms with van der Waals surface area (Å²) in [6.07, 6.45) is 3.49. The van der Waals surface area contributed by atoms with Crippen molar-refractivity contribution in [3.63, 3.8) is 0 Å². The van der Waals surface area contributed by atoms with Gasteiger partial charge in [0.1, 0.15) is 5.52 Å². The molecular formula is C20H13Cl2N3O2. The van der Waals surface area contributed by atoms with Crippen LogP contribution >= 0.6 is 23.2 Å². The van der Waals surface area contributed by atoms with Gasteiger partial charge in [-0.3, -0.25) is 9.78 Å². The Kier molecular flexibility index (Phi) is 4.79. The first-order valence-corrected chi connectivity index (χ1v) is 8.89. The molecule has 0 unspecified atom stereocenters. The maximum atomic E-state index is 12.4. The van der Waals surface area contributed by atoms with E-state index in [0.717, 1.165) is 5.56 Å². The molecule has 4 rings (SSSR count). The number of pyridine rings is 1. The van der Waals surface area contributed by atoms with Crippen molar-refractivity contribution in [3.8, 4) is 11.5 Å². The minimum atomic E-state index is -0.182. The Hall–Kier alpha value is -2.89. The van der Waals surface area contributed by atoms with E-state index in [2.05, 4.69) is 15.3 Å². The molecule has 5 nitrogen and oxygen atoms in total. The van der Waals surface area contributed by atoms with E-state index >= 15 is 0 Å². The van der Waals surface area contributed by atoms with Crippen LogP contribution in [0.5, 0.6) is 0 Å². The van der Waals surface area contributed by atoms with Crippen LogP contribution in [0.25, 0.3) is 22.6 Å². The molecular weight excluding hydrogens is 385 g/mol. The summed E-state index contributed by atoms with van der Waals surface area (Å²) in [6, 6.07) is 14.1. The van der Waals surface area contributed by atoms with E-state index in [9.17, 15) is 4.79 Å². The number of hydrogen-bond acceptors (Lipinski definition) is 4. The standard InChI is InChI=1S/C20H13Cl2N3O2/c21-14-4-1-12(2-5-14)9-19(26)24-16-10-13(3-6-15(16)22)20-25-17-11-23-8-7-18(17)27-20/h1-8,10-11H,9H2,(H,24,26). The molecule has 0 saturated heterocycles. The van der Waals surface area contributed by atoms with E-state index in [0.29, 0.717) is 38.3 Å². The number of oxazole rings is 1. The topological polar surface area (TPSA) is 68.0 Å². The van der Waals surface area contributed by atoms with E-state index in [1.807, 2.05) is 12.1 Å². The third kappa shape index (κ3) is 3.94. The van der Waals surface area contributed by atoms with Gasteiger partial charge in [0, 0.05) is 22.8 Å². The van der Waals surface area contributed by atoms with E-state index in [4.69, 9.17) is 27.6 Å². The molecule has 0 saturated carbocycles. The van der Waals surface area contributed by atoms with Crippen LogP contribution in [0.4, 0.5) is 5.69 Å². The van der Waals surface area contributed by atoms with Crippen LogP contribution in [0.2, 0.25) is 10.0 Å². The van der Waals surface area contributed by atoms with Crippen molar-refractivity contribution in [2.75, 3.05) is 5.32 Å². The molecule has 0 bridgehead atoms. The average Bonchev–Trinajstić information content (AvgIpc) is 3.09. The quantitative estimate of drug-likeness (QED) is 0.501. The van der Waals surface area contributed by atoms with E-state index in [-0.39, 0.29) is 12.3 Å². The molecule has 0 aliphatic carbocycles. The summed E-state index contributed by atoms with van der Waals surface area (Å²) < 4.78 is 5.74. The number of carbonyl (C=O) groups is 1. The van der Waals surface area contributed by atoms with Crippen LogP contribution in [-0.4, -0.2) is 15.9 Å². The minimum absolute atomic E-state index is 0.182. The molecule has 1 amide bonds. The van der Waals surface area contributed by atoms with Crippen LogP contribution in [0.3, 0.4) is 0 Å². The number of benzene rings is 2. The molecule has 2 aromatic heterocycles. The second kappa shape index (κ2) is 7.39. The number of halogens is 2. The van der Waals surface area contributed by atoms with Crippen molar-refractivity contribution < 1.29 is 9.21 Å². The summed E-state index contributed by atoms with van der Waals surface area (Å²) in [7, 11) is 0. The lowest BCUT2D eigenvalue weighted by molar-refractivity contribution is -0.115. The Bertz CT molecular complexity index is 1090. The molecule has 2 heterocycles. The maximum absolute atomic E-state index is 12.4. The van der Waals surface area contributed by atoms with Gasteiger partial charge in [-0.1, -0.05) is 35.3 Å². The molecule has 1 N–H and O–H groups in total. The van der Waals surface area contributed by atoms with Crippen molar-refractivity contribution in [1.82, 2.24) is 9.97 Å². The maximum Gasteiger partial charge on any atom is 0.228 e. The van der Waals surface area contributed by atoms with E-state index in [1.165, 1.54) is 0 Å². The molecule has 0 aliphatic rings. The summed E-state index contributed by atoms with van der Waals surface area (Å²) in [5.74, 6) is 0.251. The number of aromatic nitrogens is 2. The van der Waals surface area contributed by atoms with E-state index in [1.54, 1.807) is 48.8 Å². The van der Waals surface area contributed by atoms with Gasteiger partial charge in [-0.05, 0) is 35.9 Å². The summed E-state index contributed by atoms with van der Waals surface area (Å²) >= 11 is 12.1. The highest BCUT2D eigenvalue weighted by molar-refractivity contribution is 6.33. The summed E-state index contributed by atoms with van der Waals surface area (Å²) in [4.78, 5) is 20.8. The van der Waals surface area contributed by atoms with Gasteiger partial charge >= 0.3 is 0 Å². The van der Waals surface area contributed by atoms with Gasteiger partial charge in [-0.25, -0.2) is 4.98 Å². The molecule has 27 heavy (non-hydrogen) atoms. The second-order valence-corrected chi connectivity index (χ2v) is 6.75. The molecule has 7 heteroatoms. The van der Waals surface area contributed by atoms with Crippen LogP contribution < -0.4 is 5.32 Å². The fourth-order valence-electron chi connectivity index (χ4n) is 2.64. The largest absolute Gasteiger partial charge is 0.436 e. The molecule has 0 fully saturated rings. The highest BCUT2D eigenvalue weighted by atomic mass is 35.5. The number of amides is 1. The van der Waals surface area contributed by atoms with Gasteiger partial charge in [0.15, 0.2) is 5.58 Å². The third-order valence-corrected chi connectivity index (χ3v) is 4.54. The second-order valence-electron chi connectivity index (χ2n) is 5.91. The van der Waals surface area contributed by atoms with Crippen LogP contribution in [0.1, 0.15) is 5.56 Å². The number of nitrogens with zero attached hydrogens (tertiary/aromatic N) is 2. The monoisotopic (exact) mass is 397 g/mol. The molecule has 134 valence electrons. The third-order valence-electron chi connectivity index (χ3n) is 3.96. The fourth-order valence-corrected chi connectivity index (χ4v) is 2.93. The Labute approximate surface area is 165 Å². The van der Waals surface area contributed by atoms with Gasteiger partial charge in [-0.15, -0.1) is 0 Å². The number of carbonyl (C=O) groups excluding carboxylic acids is 1. The number of nitrogens with one attached hydrogen (secondary N) is 1. The zero-order valence-corrected chi connectivity index (χ0v) is 15.5.